The molecule has 0 N–H and O–H groups in total. The molecule has 30 heavy (non-hydrogen) atoms. The predicted molar refractivity (Wildman–Crippen MR) is 126 cm³/mol. The molecule has 0 spiro atoms. The van der Waals surface area contributed by atoms with Crippen LogP contribution in [0, 0.1) is 0 Å². The number of carbonyl (C=O) groups is 2. The summed E-state index contributed by atoms with van der Waals surface area (Å²) in [6.45, 7) is 6.39. The van der Waals surface area contributed by atoms with Crippen LogP contribution in [-0.2, 0) is 15.0 Å². The Bertz CT molecular complexity index is 1130. The molecule has 0 saturated carbocycles. The number of hydrogen-bond donors (Lipinski definition) is 0. The molecule has 2 amide bonds. The second-order valence-electron chi connectivity index (χ2n) is 7.98. The average Bonchev–Trinajstić information content (AvgIpc) is 3.30. The average molecular weight is 454 g/mol. The van der Waals surface area contributed by atoms with E-state index in [2.05, 4.69) is 20.8 Å². The van der Waals surface area contributed by atoms with Crippen LogP contribution >= 0.6 is 34.7 Å². The van der Waals surface area contributed by atoms with Crippen molar-refractivity contribution >= 4 is 57.8 Å². The van der Waals surface area contributed by atoms with Crippen molar-refractivity contribution in [3.05, 3.63) is 86.4 Å². The molecule has 2 aromatic carbocycles. The van der Waals surface area contributed by atoms with Gasteiger partial charge in [-0.15, -0.1) is 11.3 Å². The Labute approximate surface area is 189 Å². The molecule has 0 saturated heterocycles. The molecule has 0 bridgehead atoms. The first kappa shape index (κ1) is 20.9. The Morgan fingerprint density at radius 3 is 2.13 bits per heavy atom. The Morgan fingerprint density at radius 1 is 0.900 bits per heavy atom. The van der Waals surface area contributed by atoms with E-state index >= 15 is 0 Å². The smallest absolute Gasteiger partial charge is 0.268 e. The van der Waals surface area contributed by atoms with Crippen LogP contribution in [-0.4, -0.2) is 11.8 Å². The van der Waals surface area contributed by atoms with Crippen molar-refractivity contribution in [2.24, 2.45) is 0 Å². The lowest BCUT2D eigenvalue weighted by Gasteiger charge is -2.21. The van der Waals surface area contributed by atoms with Crippen LogP contribution in [0.5, 0.6) is 0 Å². The van der Waals surface area contributed by atoms with E-state index in [4.69, 9.17) is 11.6 Å². The van der Waals surface area contributed by atoms with Crippen molar-refractivity contribution in [3.8, 4) is 0 Å². The molecule has 1 aliphatic rings. The molecule has 0 radical (unpaired) electrons. The summed E-state index contributed by atoms with van der Waals surface area (Å²) < 4.78 is 0. The minimum absolute atomic E-state index is 0.00642. The van der Waals surface area contributed by atoms with Crippen molar-refractivity contribution in [3.63, 3.8) is 0 Å². The van der Waals surface area contributed by atoms with Crippen LogP contribution in [0.1, 0.15) is 31.2 Å². The summed E-state index contributed by atoms with van der Waals surface area (Å²) in [7, 11) is 0. The summed E-state index contributed by atoms with van der Waals surface area (Å²) in [5, 5.41) is 2.53. The van der Waals surface area contributed by atoms with Gasteiger partial charge in [-0.2, -0.15) is 0 Å². The van der Waals surface area contributed by atoms with Crippen molar-refractivity contribution in [1.82, 2.24) is 0 Å². The number of benzene rings is 2. The van der Waals surface area contributed by atoms with Crippen molar-refractivity contribution in [1.29, 1.82) is 0 Å². The zero-order valence-electron chi connectivity index (χ0n) is 16.8. The topological polar surface area (TPSA) is 37.4 Å². The van der Waals surface area contributed by atoms with Gasteiger partial charge in [0, 0.05) is 14.8 Å². The van der Waals surface area contributed by atoms with Gasteiger partial charge in [-0.1, -0.05) is 62.3 Å². The van der Waals surface area contributed by atoms with E-state index in [1.807, 2.05) is 53.9 Å². The summed E-state index contributed by atoms with van der Waals surface area (Å²) in [4.78, 5) is 30.1. The molecular formula is C24H20ClNO2S2. The van der Waals surface area contributed by atoms with Crippen LogP contribution in [0.4, 0.5) is 5.69 Å². The lowest BCUT2D eigenvalue weighted by molar-refractivity contribution is -0.119. The lowest BCUT2D eigenvalue weighted by atomic mass is 9.87. The first-order chi connectivity index (χ1) is 14.3. The van der Waals surface area contributed by atoms with Crippen LogP contribution in [0.25, 0.3) is 5.57 Å². The van der Waals surface area contributed by atoms with E-state index < -0.39 is 0 Å². The highest BCUT2D eigenvalue weighted by Crippen LogP contribution is 2.42. The number of thioether (sulfide) groups is 1. The van der Waals surface area contributed by atoms with Crippen LogP contribution in [0.3, 0.4) is 0 Å². The summed E-state index contributed by atoms with van der Waals surface area (Å²) in [6, 6.07) is 18.7. The minimum atomic E-state index is -0.299. The monoisotopic (exact) mass is 453 g/mol. The van der Waals surface area contributed by atoms with Gasteiger partial charge in [0.05, 0.1) is 16.2 Å². The third-order valence-corrected chi connectivity index (χ3v) is 7.06. The zero-order valence-corrected chi connectivity index (χ0v) is 19.2. The van der Waals surface area contributed by atoms with E-state index in [9.17, 15) is 9.59 Å². The molecule has 6 heteroatoms. The number of carbonyl (C=O) groups excluding carboxylic acids is 2. The van der Waals surface area contributed by atoms with Gasteiger partial charge in [0.15, 0.2) is 0 Å². The van der Waals surface area contributed by atoms with E-state index in [-0.39, 0.29) is 17.2 Å². The summed E-state index contributed by atoms with van der Waals surface area (Å²) in [5.41, 5.74) is 2.18. The van der Waals surface area contributed by atoms with E-state index in [1.165, 1.54) is 28.0 Å². The Kier molecular flexibility index (Phi) is 5.62. The van der Waals surface area contributed by atoms with Crippen molar-refractivity contribution < 1.29 is 9.59 Å². The lowest BCUT2D eigenvalue weighted by Crippen LogP contribution is -2.31. The maximum Gasteiger partial charge on any atom is 0.272 e. The van der Waals surface area contributed by atoms with Crippen LogP contribution < -0.4 is 4.90 Å². The summed E-state index contributed by atoms with van der Waals surface area (Å²) in [6.07, 6.45) is 0. The predicted octanol–water partition coefficient (Wildman–Crippen LogP) is 6.78. The van der Waals surface area contributed by atoms with Gasteiger partial charge in [-0.3, -0.25) is 9.59 Å². The van der Waals surface area contributed by atoms with Crippen LogP contribution in [0.2, 0.25) is 5.02 Å². The highest BCUT2D eigenvalue weighted by atomic mass is 35.5. The number of thiophene rings is 1. The fourth-order valence-corrected chi connectivity index (χ4v) is 5.15. The first-order valence-electron chi connectivity index (χ1n) is 9.46. The molecule has 2 heterocycles. The minimum Gasteiger partial charge on any atom is -0.268 e. The highest BCUT2D eigenvalue weighted by molar-refractivity contribution is 8.04. The molecule has 0 aliphatic carbocycles. The zero-order chi connectivity index (χ0) is 21.5. The van der Waals surface area contributed by atoms with Gasteiger partial charge in [0.25, 0.3) is 11.8 Å². The molecule has 0 fully saturated rings. The molecule has 1 aliphatic heterocycles. The first-order valence-corrected chi connectivity index (χ1v) is 11.5. The number of anilines is 1. The van der Waals surface area contributed by atoms with E-state index in [0.717, 1.165) is 15.3 Å². The third-order valence-electron chi connectivity index (χ3n) is 4.83. The molecular weight excluding hydrogens is 434 g/mol. The number of imide groups is 1. The summed E-state index contributed by atoms with van der Waals surface area (Å²) >= 11 is 8.74. The number of hydrogen-bond acceptors (Lipinski definition) is 4. The second-order valence-corrected chi connectivity index (χ2v) is 10.4. The van der Waals surface area contributed by atoms with E-state index in [0.29, 0.717) is 21.2 Å². The van der Waals surface area contributed by atoms with Gasteiger partial charge in [-0.05, 0) is 58.8 Å². The van der Waals surface area contributed by atoms with Gasteiger partial charge in [0.2, 0.25) is 0 Å². The maximum absolute atomic E-state index is 13.4. The largest absolute Gasteiger partial charge is 0.272 e. The molecule has 4 rings (SSSR count). The van der Waals surface area contributed by atoms with Crippen molar-refractivity contribution in [2.75, 3.05) is 4.90 Å². The standard InChI is InChI=1S/C24H20ClNO2S2/c1-24(2,3)15-6-10-17(11-7-15)26-22(27)20(19-5-4-14-29-19)21(23(26)28)30-18-12-8-16(25)9-13-18/h4-14H,1-3H3. The molecule has 3 aromatic rings. The van der Waals surface area contributed by atoms with Gasteiger partial charge < -0.3 is 0 Å². The quantitative estimate of drug-likeness (QED) is 0.409. The normalized spacial score (nSPS) is 14.7. The third kappa shape index (κ3) is 3.97. The number of rotatable bonds is 4. The Hall–Kier alpha value is -2.34. The molecule has 152 valence electrons. The number of amides is 2. The number of halogens is 1. The number of nitrogens with zero attached hydrogens (tertiary/aromatic N) is 1. The van der Waals surface area contributed by atoms with Crippen LogP contribution in [0.15, 0.2) is 75.8 Å². The highest BCUT2D eigenvalue weighted by Gasteiger charge is 2.41. The maximum atomic E-state index is 13.4. The van der Waals surface area contributed by atoms with Crippen molar-refractivity contribution in [2.45, 2.75) is 31.1 Å². The molecule has 1 aromatic heterocycles. The van der Waals surface area contributed by atoms with Gasteiger partial charge >= 0.3 is 0 Å². The molecule has 0 unspecified atom stereocenters. The van der Waals surface area contributed by atoms with Gasteiger partial charge in [0.1, 0.15) is 0 Å². The fraction of sp³-hybridized carbons (Fsp3) is 0.167. The fourth-order valence-electron chi connectivity index (χ4n) is 3.21. The Morgan fingerprint density at radius 2 is 1.57 bits per heavy atom. The van der Waals surface area contributed by atoms with E-state index in [1.54, 1.807) is 12.1 Å². The SMILES string of the molecule is CC(C)(C)c1ccc(N2C(=O)C(Sc3ccc(Cl)cc3)=C(c3cccs3)C2=O)cc1. The molecule has 3 nitrogen and oxygen atoms in total. The molecule has 0 atom stereocenters. The van der Waals surface area contributed by atoms with Gasteiger partial charge in [-0.25, -0.2) is 4.90 Å². The summed E-state index contributed by atoms with van der Waals surface area (Å²) in [5.74, 6) is -0.589. The second kappa shape index (κ2) is 8.06. The Balaban J connectivity index is 1.74.